The Hall–Kier alpha value is -1.95. The van der Waals surface area contributed by atoms with Crippen molar-refractivity contribution in [2.24, 2.45) is 10.4 Å². The maximum Gasteiger partial charge on any atom is 0.191 e. The zero-order valence-electron chi connectivity index (χ0n) is 14.9. The molecule has 1 fully saturated rings. The lowest BCUT2D eigenvalue weighted by Crippen LogP contribution is -2.46. The molecule has 134 valence electrons. The average Bonchev–Trinajstić information content (AvgIpc) is 2.57. The van der Waals surface area contributed by atoms with E-state index < -0.39 is 0 Å². The highest BCUT2D eigenvalue weighted by Gasteiger charge is 2.36. The van der Waals surface area contributed by atoms with E-state index in [0.717, 1.165) is 36.8 Å². The molecule has 0 heterocycles. The van der Waals surface area contributed by atoms with Crippen molar-refractivity contribution in [1.82, 2.24) is 10.6 Å². The molecule has 2 rings (SSSR count). The van der Waals surface area contributed by atoms with Crippen LogP contribution in [0.1, 0.15) is 31.2 Å². The molecule has 0 amide bonds. The molecule has 24 heavy (non-hydrogen) atoms. The maximum atomic E-state index is 9.95. The summed E-state index contributed by atoms with van der Waals surface area (Å²) in [6.07, 6.45) is 4.83. The summed E-state index contributed by atoms with van der Waals surface area (Å²) in [5.74, 6) is 1.70. The predicted molar refractivity (Wildman–Crippen MR) is 95.6 cm³/mol. The smallest absolute Gasteiger partial charge is 0.191 e. The number of phenolic OH excluding ortho intramolecular Hbond substituents is 1. The Morgan fingerprint density at radius 2 is 2.08 bits per heavy atom. The molecule has 1 aromatic rings. The Morgan fingerprint density at radius 3 is 2.67 bits per heavy atom. The molecule has 1 aliphatic rings. The molecule has 1 saturated carbocycles. The molecule has 0 spiro atoms. The van der Waals surface area contributed by atoms with Crippen LogP contribution in [0, 0.1) is 5.41 Å². The fraction of sp³-hybridized carbons (Fsp3) is 0.611. The van der Waals surface area contributed by atoms with Gasteiger partial charge in [-0.3, -0.25) is 4.99 Å². The Balaban J connectivity index is 1.86. The van der Waals surface area contributed by atoms with E-state index in [2.05, 4.69) is 15.6 Å². The third-order valence-electron chi connectivity index (χ3n) is 4.84. The molecule has 3 N–H and O–H groups in total. The Kier molecular flexibility index (Phi) is 6.73. The van der Waals surface area contributed by atoms with Gasteiger partial charge in [0.2, 0.25) is 0 Å². The number of ether oxygens (including phenoxy) is 2. The van der Waals surface area contributed by atoms with Crippen molar-refractivity contribution in [3.63, 3.8) is 0 Å². The highest BCUT2D eigenvalue weighted by Crippen LogP contribution is 2.43. The summed E-state index contributed by atoms with van der Waals surface area (Å²) in [4.78, 5) is 4.27. The number of benzene rings is 1. The van der Waals surface area contributed by atoms with Gasteiger partial charge in [-0.05, 0) is 42.9 Å². The summed E-state index contributed by atoms with van der Waals surface area (Å²) in [5.41, 5.74) is 1.10. The molecule has 6 nitrogen and oxygen atoms in total. The molecule has 0 aliphatic heterocycles. The van der Waals surface area contributed by atoms with E-state index in [0.29, 0.717) is 12.0 Å². The minimum absolute atomic E-state index is 0.245. The number of aliphatic imine (C=N–C) groups is 1. The van der Waals surface area contributed by atoms with Gasteiger partial charge < -0.3 is 25.2 Å². The Bertz CT molecular complexity index is 556. The third-order valence-corrected chi connectivity index (χ3v) is 4.84. The van der Waals surface area contributed by atoms with Gasteiger partial charge >= 0.3 is 0 Å². The van der Waals surface area contributed by atoms with Crippen molar-refractivity contribution in [3.05, 3.63) is 23.8 Å². The van der Waals surface area contributed by atoms with E-state index in [1.54, 1.807) is 33.4 Å². The number of phenols is 1. The molecule has 0 aromatic heterocycles. The minimum Gasteiger partial charge on any atom is -0.508 e. The van der Waals surface area contributed by atoms with Gasteiger partial charge in [0.1, 0.15) is 11.5 Å². The number of rotatable bonds is 8. The largest absolute Gasteiger partial charge is 0.508 e. The first-order valence-corrected chi connectivity index (χ1v) is 8.42. The zero-order chi connectivity index (χ0) is 17.4. The van der Waals surface area contributed by atoms with Gasteiger partial charge in [0.15, 0.2) is 5.96 Å². The lowest BCUT2D eigenvalue weighted by Gasteiger charge is -2.42. The molecule has 1 aromatic carbocycles. The van der Waals surface area contributed by atoms with Crippen molar-refractivity contribution in [1.29, 1.82) is 0 Å². The minimum atomic E-state index is 0.245. The second-order valence-corrected chi connectivity index (χ2v) is 6.37. The van der Waals surface area contributed by atoms with Crippen LogP contribution in [0.5, 0.6) is 11.5 Å². The van der Waals surface area contributed by atoms with E-state index >= 15 is 0 Å². The summed E-state index contributed by atoms with van der Waals surface area (Å²) >= 11 is 0. The predicted octanol–water partition coefficient (Wildman–Crippen LogP) is 2.27. The van der Waals surface area contributed by atoms with Crippen LogP contribution in [0.15, 0.2) is 23.2 Å². The van der Waals surface area contributed by atoms with E-state index in [9.17, 15) is 5.11 Å². The van der Waals surface area contributed by atoms with Crippen LogP contribution in [0.25, 0.3) is 0 Å². The lowest BCUT2D eigenvalue weighted by molar-refractivity contribution is 0.0732. The van der Waals surface area contributed by atoms with E-state index in [-0.39, 0.29) is 5.75 Å². The first-order valence-electron chi connectivity index (χ1n) is 8.42. The SMILES string of the molecule is CN=C(NCc1cc(OC)ccc1O)NCC1(CCOC)CCC1. The average molecular weight is 335 g/mol. The molecule has 0 saturated heterocycles. The van der Waals surface area contributed by atoms with Gasteiger partial charge in [0.05, 0.1) is 7.11 Å². The fourth-order valence-electron chi connectivity index (χ4n) is 3.01. The van der Waals surface area contributed by atoms with Crippen LogP contribution in [-0.2, 0) is 11.3 Å². The Labute approximate surface area is 144 Å². The summed E-state index contributed by atoms with van der Waals surface area (Å²) in [7, 11) is 5.12. The van der Waals surface area contributed by atoms with Crippen molar-refractivity contribution >= 4 is 5.96 Å². The van der Waals surface area contributed by atoms with E-state index in [1.807, 2.05) is 6.07 Å². The number of hydrogen-bond donors (Lipinski definition) is 3. The third kappa shape index (κ3) is 4.77. The normalized spacial score (nSPS) is 16.4. The highest BCUT2D eigenvalue weighted by molar-refractivity contribution is 5.79. The first-order chi connectivity index (χ1) is 11.6. The quantitative estimate of drug-likeness (QED) is 0.502. The molecule has 1 aliphatic carbocycles. The van der Waals surface area contributed by atoms with Gasteiger partial charge in [-0.2, -0.15) is 0 Å². The van der Waals surface area contributed by atoms with E-state index in [4.69, 9.17) is 9.47 Å². The van der Waals surface area contributed by atoms with E-state index in [1.165, 1.54) is 19.3 Å². The van der Waals surface area contributed by atoms with Crippen LogP contribution in [0.4, 0.5) is 0 Å². The highest BCUT2D eigenvalue weighted by atomic mass is 16.5. The van der Waals surface area contributed by atoms with Gasteiger partial charge in [-0.25, -0.2) is 0 Å². The molecule has 0 radical (unpaired) electrons. The summed E-state index contributed by atoms with van der Waals surface area (Å²) < 4.78 is 10.4. The van der Waals surface area contributed by atoms with Crippen LogP contribution < -0.4 is 15.4 Å². The topological polar surface area (TPSA) is 75.1 Å². The number of nitrogens with zero attached hydrogens (tertiary/aromatic N) is 1. The molecule has 6 heteroatoms. The van der Waals surface area contributed by atoms with Gasteiger partial charge in [0.25, 0.3) is 0 Å². The second-order valence-electron chi connectivity index (χ2n) is 6.37. The number of nitrogens with one attached hydrogen (secondary N) is 2. The van der Waals surface area contributed by atoms with Gasteiger partial charge in [-0.1, -0.05) is 6.42 Å². The lowest BCUT2D eigenvalue weighted by atomic mass is 9.67. The fourth-order valence-corrected chi connectivity index (χ4v) is 3.01. The van der Waals surface area contributed by atoms with Crippen LogP contribution in [0.2, 0.25) is 0 Å². The van der Waals surface area contributed by atoms with Crippen molar-refractivity contribution < 1.29 is 14.6 Å². The number of guanidine groups is 1. The van der Waals surface area contributed by atoms with Crippen LogP contribution in [0.3, 0.4) is 0 Å². The van der Waals surface area contributed by atoms with Crippen LogP contribution in [-0.4, -0.2) is 45.5 Å². The molecule has 0 atom stereocenters. The zero-order valence-corrected chi connectivity index (χ0v) is 14.9. The van der Waals surface area contributed by atoms with Crippen LogP contribution >= 0.6 is 0 Å². The van der Waals surface area contributed by atoms with Crippen molar-refractivity contribution in [3.8, 4) is 11.5 Å². The number of aromatic hydroxyl groups is 1. The standard InChI is InChI=1S/C18H29N3O3/c1-19-17(21-13-18(7-4-8-18)9-10-23-2)20-12-14-11-15(24-3)5-6-16(14)22/h5-6,11,22H,4,7-10,12-13H2,1-3H3,(H2,19,20,21). The van der Waals surface area contributed by atoms with Gasteiger partial charge in [-0.15, -0.1) is 0 Å². The molecular formula is C18H29N3O3. The molecule has 0 unspecified atom stereocenters. The summed E-state index contributed by atoms with van der Waals surface area (Å²) in [5, 5.41) is 16.6. The number of hydrogen-bond acceptors (Lipinski definition) is 4. The monoisotopic (exact) mass is 335 g/mol. The summed E-state index contributed by atoms with van der Waals surface area (Å²) in [6, 6.07) is 5.20. The van der Waals surface area contributed by atoms with Gasteiger partial charge in [0, 0.05) is 39.4 Å². The maximum absolute atomic E-state index is 9.95. The molecular weight excluding hydrogens is 306 g/mol. The Morgan fingerprint density at radius 1 is 1.29 bits per heavy atom. The van der Waals surface area contributed by atoms with Crippen molar-refractivity contribution in [2.45, 2.75) is 32.2 Å². The molecule has 0 bridgehead atoms. The second kappa shape index (κ2) is 8.78. The van der Waals surface area contributed by atoms with Crippen molar-refractivity contribution in [2.75, 3.05) is 34.4 Å². The first kappa shape index (κ1) is 18.4. The summed E-state index contributed by atoms with van der Waals surface area (Å²) in [6.45, 7) is 2.17. The number of methoxy groups -OCH3 is 2.